The molecule has 0 heterocycles. The van der Waals surface area contributed by atoms with Gasteiger partial charge in [0.05, 0.1) is 11.0 Å². The Kier molecular flexibility index (Phi) is 4.18. The Labute approximate surface area is 107 Å². The molecule has 0 aliphatic heterocycles. The van der Waals surface area contributed by atoms with E-state index in [0.717, 1.165) is 0 Å². The standard InChI is InChI=1S/C10H8F2N2O4S/c1-3-6(2)13-19(17,18)10-5-9(14(15)16)7(11)4-8(10)12/h1,4-6,13H,2H3. The lowest BCUT2D eigenvalue weighted by atomic mass is 10.3. The summed E-state index contributed by atoms with van der Waals surface area (Å²) in [4.78, 5) is 8.29. The van der Waals surface area contributed by atoms with Crippen LogP contribution in [0.4, 0.5) is 14.5 Å². The van der Waals surface area contributed by atoms with E-state index in [-0.39, 0.29) is 6.07 Å². The molecule has 0 saturated heterocycles. The van der Waals surface area contributed by atoms with Gasteiger partial charge in [0.1, 0.15) is 10.7 Å². The Balaban J connectivity index is 3.39. The van der Waals surface area contributed by atoms with E-state index in [0.29, 0.717) is 6.07 Å². The lowest BCUT2D eigenvalue weighted by molar-refractivity contribution is -0.387. The molecule has 1 unspecified atom stereocenters. The van der Waals surface area contributed by atoms with Crippen molar-refractivity contribution >= 4 is 15.7 Å². The molecular formula is C10H8F2N2O4S. The minimum absolute atomic E-state index is 0.132. The summed E-state index contributed by atoms with van der Waals surface area (Å²) in [7, 11) is -4.41. The minimum Gasteiger partial charge on any atom is -0.258 e. The second-order valence-electron chi connectivity index (χ2n) is 3.50. The Morgan fingerprint density at radius 2 is 2.00 bits per heavy atom. The highest BCUT2D eigenvalue weighted by Crippen LogP contribution is 2.24. The zero-order chi connectivity index (χ0) is 14.8. The first-order valence-corrected chi connectivity index (χ1v) is 6.29. The molecule has 0 amide bonds. The third-order valence-electron chi connectivity index (χ3n) is 2.07. The van der Waals surface area contributed by atoms with Crippen molar-refractivity contribution in [3.63, 3.8) is 0 Å². The van der Waals surface area contributed by atoms with Gasteiger partial charge >= 0.3 is 5.69 Å². The van der Waals surface area contributed by atoms with Gasteiger partial charge in [0.2, 0.25) is 15.8 Å². The number of nitrogens with zero attached hydrogens (tertiary/aromatic N) is 1. The predicted octanol–water partition coefficient (Wildman–Crippen LogP) is 1.17. The quantitative estimate of drug-likeness (QED) is 0.512. The summed E-state index contributed by atoms with van der Waals surface area (Å²) in [6, 6.07) is -0.516. The van der Waals surface area contributed by atoms with Crippen molar-refractivity contribution in [3.05, 3.63) is 33.9 Å². The molecule has 0 bridgehead atoms. The summed E-state index contributed by atoms with van der Waals surface area (Å²) in [5.74, 6) is -0.873. The van der Waals surface area contributed by atoms with Gasteiger partial charge in [0.25, 0.3) is 0 Å². The maximum atomic E-state index is 13.4. The highest BCUT2D eigenvalue weighted by atomic mass is 32.2. The number of benzene rings is 1. The zero-order valence-electron chi connectivity index (χ0n) is 9.55. The number of hydrogen-bond donors (Lipinski definition) is 1. The summed E-state index contributed by atoms with van der Waals surface area (Å²) >= 11 is 0. The van der Waals surface area contributed by atoms with Crippen molar-refractivity contribution in [3.8, 4) is 12.3 Å². The molecule has 0 spiro atoms. The van der Waals surface area contributed by atoms with E-state index in [1.165, 1.54) is 6.92 Å². The molecule has 1 aromatic rings. The zero-order valence-corrected chi connectivity index (χ0v) is 10.4. The lowest BCUT2D eigenvalue weighted by Crippen LogP contribution is -2.32. The number of nitro benzene ring substituents is 1. The van der Waals surface area contributed by atoms with Crippen LogP contribution in [0.15, 0.2) is 17.0 Å². The van der Waals surface area contributed by atoms with Crippen molar-refractivity contribution in [2.75, 3.05) is 0 Å². The maximum Gasteiger partial charge on any atom is 0.306 e. The van der Waals surface area contributed by atoms with Crippen molar-refractivity contribution < 1.29 is 22.1 Å². The van der Waals surface area contributed by atoms with E-state index in [1.807, 2.05) is 10.6 Å². The number of rotatable bonds is 4. The molecule has 19 heavy (non-hydrogen) atoms. The topological polar surface area (TPSA) is 89.3 Å². The molecule has 0 aromatic heterocycles. The van der Waals surface area contributed by atoms with Crippen molar-refractivity contribution in [1.82, 2.24) is 4.72 Å². The minimum atomic E-state index is -4.41. The molecule has 0 aliphatic rings. The molecule has 9 heteroatoms. The van der Waals surface area contributed by atoms with Crippen molar-refractivity contribution in [2.45, 2.75) is 17.9 Å². The van der Waals surface area contributed by atoms with Crippen LogP contribution in [0, 0.1) is 34.1 Å². The monoisotopic (exact) mass is 290 g/mol. The molecule has 0 saturated carbocycles. The number of nitrogens with one attached hydrogen (secondary N) is 1. The van der Waals surface area contributed by atoms with E-state index in [2.05, 4.69) is 0 Å². The van der Waals surface area contributed by atoms with Gasteiger partial charge in [-0.2, -0.15) is 9.11 Å². The second kappa shape index (κ2) is 5.29. The van der Waals surface area contributed by atoms with Gasteiger partial charge in [-0.3, -0.25) is 10.1 Å². The van der Waals surface area contributed by atoms with Crippen LogP contribution in [0.1, 0.15) is 6.92 Å². The second-order valence-corrected chi connectivity index (χ2v) is 5.18. The van der Waals surface area contributed by atoms with Crippen LogP contribution in [0.2, 0.25) is 0 Å². The molecule has 102 valence electrons. The highest BCUT2D eigenvalue weighted by molar-refractivity contribution is 7.89. The fourth-order valence-corrected chi connectivity index (χ4v) is 2.44. The maximum absolute atomic E-state index is 13.4. The third kappa shape index (κ3) is 3.24. The molecule has 6 nitrogen and oxygen atoms in total. The summed E-state index contributed by atoms with van der Waals surface area (Å²) in [5.41, 5.74) is -1.14. The smallest absolute Gasteiger partial charge is 0.258 e. The molecule has 0 radical (unpaired) electrons. The molecule has 1 atom stereocenters. The average molecular weight is 290 g/mol. The van der Waals surface area contributed by atoms with Crippen molar-refractivity contribution in [2.24, 2.45) is 0 Å². The van der Waals surface area contributed by atoms with E-state index < -0.39 is 43.2 Å². The molecule has 0 aliphatic carbocycles. The van der Waals surface area contributed by atoms with Crippen LogP contribution < -0.4 is 4.72 Å². The van der Waals surface area contributed by atoms with Gasteiger partial charge in [-0.1, -0.05) is 5.92 Å². The van der Waals surface area contributed by atoms with Crippen LogP contribution in [0.3, 0.4) is 0 Å². The Morgan fingerprint density at radius 1 is 1.42 bits per heavy atom. The van der Waals surface area contributed by atoms with E-state index >= 15 is 0 Å². The van der Waals surface area contributed by atoms with Crippen LogP contribution in [0.25, 0.3) is 0 Å². The van der Waals surface area contributed by atoms with Gasteiger partial charge in [0.15, 0.2) is 0 Å². The molecule has 1 N–H and O–H groups in total. The number of halogens is 2. The van der Waals surface area contributed by atoms with Gasteiger partial charge in [-0.25, -0.2) is 12.8 Å². The summed E-state index contributed by atoms with van der Waals surface area (Å²) < 4.78 is 51.8. The van der Waals surface area contributed by atoms with E-state index in [1.54, 1.807) is 0 Å². The third-order valence-corrected chi connectivity index (χ3v) is 3.63. The Hall–Kier alpha value is -2.05. The molecular weight excluding hydrogens is 282 g/mol. The number of nitro groups is 1. The Bertz CT molecular complexity index is 667. The van der Waals surface area contributed by atoms with Gasteiger partial charge in [0, 0.05) is 12.1 Å². The summed E-state index contributed by atoms with van der Waals surface area (Å²) in [6.07, 6.45) is 4.96. The first-order chi connectivity index (χ1) is 8.69. The molecule has 1 aromatic carbocycles. The SMILES string of the molecule is C#CC(C)NS(=O)(=O)c1cc([N+](=O)[O-])c(F)cc1F. The highest BCUT2D eigenvalue weighted by Gasteiger charge is 2.27. The van der Waals surface area contributed by atoms with Crippen LogP contribution in [0.5, 0.6) is 0 Å². The number of hydrogen-bond acceptors (Lipinski definition) is 4. The predicted molar refractivity (Wildman–Crippen MR) is 61.6 cm³/mol. The molecule has 1 rings (SSSR count). The fourth-order valence-electron chi connectivity index (χ4n) is 1.19. The van der Waals surface area contributed by atoms with Gasteiger partial charge in [-0.15, -0.1) is 6.42 Å². The normalized spacial score (nSPS) is 12.7. The first-order valence-electron chi connectivity index (χ1n) is 4.81. The van der Waals surface area contributed by atoms with E-state index in [9.17, 15) is 27.3 Å². The van der Waals surface area contributed by atoms with Gasteiger partial charge < -0.3 is 0 Å². The Morgan fingerprint density at radius 3 is 2.47 bits per heavy atom. The van der Waals surface area contributed by atoms with Crippen molar-refractivity contribution in [1.29, 1.82) is 0 Å². The van der Waals surface area contributed by atoms with E-state index in [4.69, 9.17) is 6.42 Å². The van der Waals surface area contributed by atoms with Crippen LogP contribution in [-0.4, -0.2) is 19.4 Å². The number of terminal acetylenes is 1. The first kappa shape index (κ1) is 15.0. The summed E-state index contributed by atoms with van der Waals surface area (Å²) in [5, 5.41) is 10.5. The summed E-state index contributed by atoms with van der Waals surface area (Å²) in [6.45, 7) is 1.31. The lowest BCUT2D eigenvalue weighted by Gasteiger charge is -2.09. The molecule has 0 fully saturated rings. The fraction of sp³-hybridized carbons (Fsp3) is 0.200. The van der Waals surface area contributed by atoms with Crippen LogP contribution >= 0.6 is 0 Å². The largest absolute Gasteiger partial charge is 0.306 e. The van der Waals surface area contributed by atoms with Crippen LogP contribution in [-0.2, 0) is 10.0 Å². The number of sulfonamides is 1. The average Bonchev–Trinajstić information content (AvgIpc) is 2.27. The van der Waals surface area contributed by atoms with Gasteiger partial charge in [-0.05, 0) is 6.92 Å².